The second-order valence-corrected chi connectivity index (χ2v) is 5.22. The maximum Gasteiger partial charge on any atom is 0.150 e. The molecule has 18 heavy (non-hydrogen) atoms. The molecule has 5 nitrogen and oxygen atoms in total. The normalized spacial score (nSPS) is 24.5. The summed E-state index contributed by atoms with van der Waals surface area (Å²) in [5.41, 5.74) is 0. The number of likely N-dealkylation sites (tertiary alicyclic amines) is 1. The van der Waals surface area contributed by atoms with Gasteiger partial charge in [0.15, 0.2) is 0 Å². The molecule has 0 spiro atoms. The van der Waals surface area contributed by atoms with E-state index in [1.807, 2.05) is 0 Å². The van der Waals surface area contributed by atoms with Crippen LogP contribution in [0.15, 0.2) is 0 Å². The van der Waals surface area contributed by atoms with Gasteiger partial charge in [-0.25, -0.2) is 0 Å². The molecular formula is C13H19N5. The van der Waals surface area contributed by atoms with Crippen molar-refractivity contribution in [2.45, 2.75) is 51.1 Å². The van der Waals surface area contributed by atoms with Crippen LogP contribution in [0.4, 0.5) is 0 Å². The predicted molar refractivity (Wildman–Crippen MR) is 66.7 cm³/mol. The summed E-state index contributed by atoms with van der Waals surface area (Å²) in [4.78, 5) is 2.24. The molecule has 1 aromatic rings. The molecule has 1 aromatic heterocycles. The summed E-state index contributed by atoms with van der Waals surface area (Å²) in [6.45, 7) is 2.57. The van der Waals surface area contributed by atoms with Crippen LogP contribution in [0.2, 0.25) is 0 Å². The van der Waals surface area contributed by atoms with E-state index in [9.17, 15) is 0 Å². The summed E-state index contributed by atoms with van der Waals surface area (Å²) in [6.07, 6.45) is 7.06. The molecule has 3 rings (SSSR count). The van der Waals surface area contributed by atoms with Crippen LogP contribution in [0, 0.1) is 11.3 Å². The Morgan fingerprint density at radius 3 is 3.00 bits per heavy atom. The zero-order chi connectivity index (χ0) is 12.4. The molecule has 5 heteroatoms. The Balaban J connectivity index is 1.88. The molecule has 2 aliphatic heterocycles. The number of hydrogen-bond acceptors (Lipinski definition) is 4. The molecule has 0 unspecified atom stereocenters. The first-order chi connectivity index (χ1) is 8.90. The predicted octanol–water partition coefficient (Wildman–Crippen LogP) is 1.66. The van der Waals surface area contributed by atoms with Gasteiger partial charge in [-0.3, -0.25) is 4.90 Å². The SMILES string of the molecule is N#CCN1CCC[C@@H]1c1nnc2n1CCCCC2. The zero-order valence-corrected chi connectivity index (χ0v) is 10.7. The van der Waals surface area contributed by atoms with Gasteiger partial charge in [0.1, 0.15) is 11.6 Å². The van der Waals surface area contributed by atoms with Gasteiger partial charge in [-0.05, 0) is 32.2 Å². The lowest BCUT2D eigenvalue weighted by molar-refractivity contribution is 0.271. The second kappa shape index (κ2) is 5.07. The van der Waals surface area contributed by atoms with Gasteiger partial charge >= 0.3 is 0 Å². The topological polar surface area (TPSA) is 57.7 Å². The summed E-state index contributed by atoms with van der Waals surface area (Å²) in [6, 6.07) is 2.57. The highest BCUT2D eigenvalue weighted by Crippen LogP contribution is 2.31. The van der Waals surface area contributed by atoms with E-state index in [4.69, 9.17) is 5.26 Å². The molecule has 1 fully saturated rings. The number of aryl methyl sites for hydroxylation is 1. The first kappa shape index (κ1) is 11.7. The van der Waals surface area contributed by atoms with E-state index in [2.05, 4.69) is 25.7 Å². The maximum absolute atomic E-state index is 8.89. The third-order valence-corrected chi connectivity index (χ3v) is 4.07. The lowest BCUT2D eigenvalue weighted by Crippen LogP contribution is -2.26. The standard InChI is InChI=1S/C13H19N5/c14-7-10-17-8-4-5-11(17)13-16-15-12-6-2-1-3-9-18(12)13/h11H,1-6,8-10H2/t11-/m1/s1. The van der Waals surface area contributed by atoms with Crippen molar-refractivity contribution in [3.63, 3.8) is 0 Å². The summed E-state index contributed by atoms with van der Waals surface area (Å²) in [7, 11) is 0. The van der Waals surface area contributed by atoms with Crippen LogP contribution in [-0.2, 0) is 13.0 Å². The molecule has 2 aliphatic rings. The van der Waals surface area contributed by atoms with Gasteiger partial charge in [-0.1, -0.05) is 6.42 Å². The number of hydrogen-bond donors (Lipinski definition) is 0. The van der Waals surface area contributed by atoms with Gasteiger partial charge in [-0.15, -0.1) is 10.2 Å². The highest BCUT2D eigenvalue weighted by molar-refractivity contribution is 5.06. The minimum atomic E-state index is 0.309. The third-order valence-electron chi connectivity index (χ3n) is 4.07. The van der Waals surface area contributed by atoms with Crippen LogP contribution in [0.5, 0.6) is 0 Å². The van der Waals surface area contributed by atoms with Crippen LogP contribution >= 0.6 is 0 Å². The van der Waals surface area contributed by atoms with Crippen molar-refractivity contribution in [2.24, 2.45) is 0 Å². The Morgan fingerprint density at radius 1 is 1.17 bits per heavy atom. The van der Waals surface area contributed by atoms with Crippen LogP contribution in [0.1, 0.15) is 49.8 Å². The Bertz CT molecular complexity index is 458. The molecule has 0 N–H and O–H groups in total. The van der Waals surface area contributed by atoms with Crippen molar-refractivity contribution in [3.8, 4) is 6.07 Å². The quantitative estimate of drug-likeness (QED) is 0.744. The van der Waals surface area contributed by atoms with E-state index in [-0.39, 0.29) is 0 Å². The van der Waals surface area contributed by atoms with E-state index in [1.165, 1.54) is 19.3 Å². The second-order valence-electron chi connectivity index (χ2n) is 5.22. The molecule has 1 saturated heterocycles. The largest absolute Gasteiger partial charge is 0.314 e. The molecule has 3 heterocycles. The van der Waals surface area contributed by atoms with Crippen LogP contribution < -0.4 is 0 Å². The molecule has 0 bridgehead atoms. The Labute approximate surface area is 107 Å². The number of nitriles is 1. The third kappa shape index (κ3) is 2.01. The van der Waals surface area contributed by atoms with Crippen molar-refractivity contribution in [2.75, 3.05) is 13.1 Å². The van der Waals surface area contributed by atoms with Gasteiger partial charge in [-0.2, -0.15) is 5.26 Å². The summed E-state index contributed by atoms with van der Waals surface area (Å²) in [5, 5.41) is 17.7. The van der Waals surface area contributed by atoms with E-state index in [1.54, 1.807) is 0 Å². The van der Waals surface area contributed by atoms with Gasteiger partial charge in [0, 0.05) is 13.0 Å². The molecular weight excluding hydrogens is 226 g/mol. The molecule has 0 aliphatic carbocycles. The highest BCUT2D eigenvalue weighted by atomic mass is 15.3. The fourth-order valence-electron chi connectivity index (χ4n) is 3.15. The molecule has 1 atom stereocenters. The number of rotatable bonds is 2. The van der Waals surface area contributed by atoms with E-state index in [0.717, 1.165) is 44.0 Å². The number of fused-ring (bicyclic) bond motifs is 1. The molecule has 0 amide bonds. The molecule has 96 valence electrons. The van der Waals surface area contributed by atoms with Crippen molar-refractivity contribution >= 4 is 0 Å². The summed E-state index contributed by atoms with van der Waals surface area (Å²) >= 11 is 0. The smallest absolute Gasteiger partial charge is 0.150 e. The first-order valence-electron chi connectivity index (χ1n) is 6.93. The zero-order valence-electron chi connectivity index (χ0n) is 10.7. The van der Waals surface area contributed by atoms with Crippen LogP contribution in [-0.4, -0.2) is 32.8 Å². The van der Waals surface area contributed by atoms with Gasteiger partial charge < -0.3 is 4.57 Å². The van der Waals surface area contributed by atoms with Crippen LogP contribution in [0.25, 0.3) is 0 Å². The van der Waals surface area contributed by atoms with Crippen LogP contribution in [0.3, 0.4) is 0 Å². The Morgan fingerprint density at radius 2 is 2.11 bits per heavy atom. The van der Waals surface area contributed by atoms with E-state index < -0.39 is 0 Å². The highest BCUT2D eigenvalue weighted by Gasteiger charge is 2.30. The van der Waals surface area contributed by atoms with Crippen molar-refractivity contribution < 1.29 is 0 Å². The molecule has 0 radical (unpaired) electrons. The Kier molecular flexibility index (Phi) is 3.28. The lowest BCUT2D eigenvalue weighted by Gasteiger charge is -2.21. The molecule has 0 saturated carbocycles. The average molecular weight is 245 g/mol. The van der Waals surface area contributed by atoms with Crippen molar-refractivity contribution in [1.29, 1.82) is 5.26 Å². The lowest BCUT2D eigenvalue weighted by atomic mass is 10.2. The first-order valence-corrected chi connectivity index (χ1v) is 6.93. The monoisotopic (exact) mass is 245 g/mol. The van der Waals surface area contributed by atoms with Gasteiger partial charge in [0.25, 0.3) is 0 Å². The van der Waals surface area contributed by atoms with E-state index >= 15 is 0 Å². The minimum Gasteiger partial charge on any atom is -0.314 e. The van der Waals surface area contributed by atoms with E-state index in [0.29, 0.717) is 12.6 Å². The van der Waals surface area contributed by atoms with Crippen molar-refractivity contribution in [1.82, 2.24) is 19.7 Å². The maximum atomic E-state index is 8.89. The van der Waals surface area contributed by atoms with Gasteiger partial charge in [0.2, 0.25) is 0 Å². The fraction of sp³-hybridized carbons (Fsp3) is 0.769. The van der Waals surface area contributed by atoms with Crippen molar-refractivity contribution in [3.05, 3.63) is 11.6 Å². The van der Waals surface area contributed by atoms with Gasteiger partial charge in [0.05, 0.1) is 18.7 Å². The summed E-state index contributed by atoms with van der Waals surface area (Å²) < 4.78 is 2.31. The minimum absolute atomic E-state index is 0.309. The fourth-order valence-corrected chi connectivity index (χ4v) is 3.15. The number of aromatic nitrogens is 3. The molecule has 0 aromatic carbocycles. The summed E-state index contributed by atoms with van der Waals surface area (Å²) in [5.74, 6) is 2.24. The Hall–Kier alpha value is -1.41. The number of nitrogens with zero attached hydrogens (tertiary/aromatic N) is 5. The average Bonchev–Trinajstić information content (AvgIpc) is 2.91.